The van der Waals surface area contributed by atoms with Crippen LogP contribution in [0.2, 0.25) is 0 Å². The molecule has 1 aliphatic rings. The van der Waals surface area contributed by atoms with E-state index in [0.29, 0.717) is 5.92 Å². The number of carbonyl (C=O) groups excluding carboxylic acids is 2. The van der Waals surface area contributed by atoms with Crippen LogP contribution < -0.4 is 0 Å². The van der Waals surface area contributed by atoms with Gasteiger partial charge in [0, 0.05) is 0 Å². The van der Waals surface area contributed by atoms with Gasteiger partial charge in [0.1, 0.15) is 0 Å². The summed E-state index contributed by atoms with van der Waals surface area (Å²) >= 11 is 0. The Morgan fingerprint density at radius 1 is 0.810 bits per heavy atom. The highest BCUT2D eigenvalue weighted by Crippen LogP contribution is 2.47. The summed E-state index contributed by atoms with van der Waals surface area (Å²) in [4.78, 5) is 16.7. The van der Waals surface area contributed by atoms with Crippen molar-refractivity contribution in [2.24, 2.45) is 0 Å². The average Bonchev–Trinajstić information content (AvgIpc) is 2.46. The molecule has 0 saturated carbocycles. The van der Waals surface area contributed by atoms with E-state index in [2.05, 4.69) is 56.3 Å². The third kappa shape index (κ3) is 3.61. The first-order valence-electron chi connectivity index (χ1n) is 6.42. The van der Waals surface area contributed by atoms with Gasteiger partial charge in [0.25, 0.3) is 0 Å². The molecular weight excluding hydrogens is 264 g/mol. The van der Waals surface area contributed by atoms with Crippen molar-refractivity contribution < 1.29 is 9.59 Å². The molecule has 0 bridgehead atoms. The molecular formula is C17H16N2O2. The molecule has 0 spiro atoms. The normalized spacial score (nSPS) is 9.29. The van der Waals surface area contributed by atoms with Crippen molar-refractivity contribution in [1.82, 2.24) is 0 Å². The van der Waals surface area contributed by atoms with Crippen LogP contribution in [0.3, 0.4) is 0 Å². The molecule has 0 amide bonds. The number of hydrogen-bond donors (Lipinski definition) is 2. The van der Waals surface area contributed by atoms with Crippen LogP contribution in [-0.4, -0.2) is 12.2 Å². The maximum atomic E-state index is 8.35. The first kappa shape index (κ1) is 16.3. The van der Waals surface area contributed by atoms with Crippen LogP contribution in [0.15, 0.2) is 42.5 Å². The maximum absolute atomic E-state index is 8.35. The Balaban J connectivity index is 0.000000321. The third-order valence-electron chi connectivity index (χ3n) is 3.22. The van der Waals surface area contributed by atoms with Gasteiger partial charge in [-0.25, -0.2) is 20.4 Å². The third-order valence-corrected chi connectivity index (χ3v) is 3.22. The zero-order valence-electron chi connectivity index (χ0n) is 11.9. The first-order valence-corrected chi connectivity index (χ1v) is 6.42. The minimum Gasteiger partial charge on any atom is -0.222 e. The Morgan fingerprint density at radius 2 is 1.24 bits per heavy atom. The molecule has 3 rings (SSSR count). The highest BCUT2D eigenvalue weighted by molar-refractivity contribution is 6.02. The second-order valence-corrected chi connectivity index (χ2v) is 4.71. The molecule has 106 valence electrons. The van der Waals surface area contributed by atoms with Gasteiger partial charge in [-0.2, -0.15) is 0 Å². The highest BCUT2D eigenvalue weighted by atomic mass is 16.1. The molecule has 2 N–H and O–H groups in total. The lowest BCUT2D eigenvalue weighted by Crippen LogP contribution is -1.99. The smallest absolute Gasteiger partial charge is 0.222 e. The number of nitrogens with one attached hydrogen (secondary N) is 2. The summed E-state index contributed by atoms with van der Waals surface area (Å²) < 4.78 is 0. The second-order valence-electron chi connectivity index (χ2n) is 4.71. The summed E-state index contributed by atoms with van der Waals surface area (Å²) in [6.45, 7) is 4.48. The quantitative estimate of drug-likeness (QED) is 0.515. The molecule has 21 heavy (non-hydrogen) atoms. The molecule has 0 aromatic heterocycles. The van der Waals surface area contributed by atoms with E-state index >= 15 is 0 Å². The molecule has 0 aliphatic heterocycles. The lowest BCUT2D eigenvalue weighted by Gasteiger charge is -2.25. The summed E-state index contributed by atoms with van der Waals surface area (Å²) in [6.07, 6.45) is 1.50. The summed E-state index contributed by atoms with van der Waals surface area (Å²) in [7, 11) is 0. The van der Waals surface area contributed by atoms with E-state index in [1.54, 1.807) is 0 Å². The topological polar surface area (TPSA) is 81.8 Å². The van der Waals surface area contributed by atoms with Crippen molar-refractivity contribution in [2.45, 2.75) is 19.8 Å². The standard InChI is InChI=1S/C15H14.2CHNO/c1-10(2)11-7-8-14-12-5-3-4-6-13(12)15(14)9-11;2*2-1-3/h3-10H,1-2H3;2*2H. The minimum absolute atomic E-state index is 0.614. The SMILES string of the molecule is CC(C)c1ccc2c(c1)-c1ccccc1-2.N=C=O.N=C=O. The van der Waals surface area contributed by atoms with E-state index in [1.807, 2.05) is 0 Å². The van der Waals surface area contributed by atoms with Crippen molar-refractivity contribution in [3.8, 4) is 22.3 Å². The van der Waals surface area contributed by atoms with Crippen LogP contribution in [0, 0.1) is 10.8 Å². The number of benzene rings is 2. The van der Waals surface area contributed by atoms with Crippen LogP contribution in [0.4, 0.5) is 0 Å². The van der Waals surface area contributed by atoms with Gasteiger partial charge in [0.2, 0.25) is 12.2 Å². The minimum atomic E-state index is 0.614. The molecule has 1 aliphatic carbocycles. The van der Waals surface area contributed by atoms with E-state index in [1.165, 1.54) is 27.8 Å². The Bertz CT molecular complexity index is 682. The van der Waals surface area contributed by atoms with Crippen LogP contribution >= 0.6 is 0 Å². The van der Waals surface area contributed by atoms with Gasteiger partial charge in [-0.15, -0.1) is 0 Å². The van der Waals surface area contributed by atoms with Crippen LogP contribution in [0.1, 0.15) is 25.3 Å². The van der Waals surface area contributed by atoms with Gasteiger partial charge >= 0.3 is 0 Å². The molecule has 0 atom stereocenters. The van der Waals surface area contributed by atoms with Crippen molar-refractivity contribution >= 4 is 12.2 Å². The number of rotatable bonds is 1. The van der Waals surface area contributed by atoms with Gasteiger partial charge in [-0.05, 0) is 33.7 Å². The molecule has 0 saturated heterocycles. The summed E-state index contributed by atoms with van der Waals surface area (Å²) in [5.41, 5.74) is 7.09. The fourth-order valence-electron chi connectivity index (χ4n) is 2.27. The van der Waals surface area contributed by atoms with E-state index < -0.39 is 0 Å². The van der Waals surface area contributed by atoms with E-state index in [4.69, 9.17) is 20.4 Å². The second kappa shape index (κ2) is 7.71. The monoisotopic (exact) mass is 280 g/mol. The number of fused-ring (bicyclic) bond motifs is 4. The number of hydrogen-bond acceptors (Lipinski definition) is 4. The van der Waals surface area contributed by atoms with Crippen molar-refractivity contribution in [1.29, 1.82) is 10.8 Å². The summed E-state index contributed by atoms with van der Waals surface area (Å²) in [6, 6.07) is 15.5. The zero-order valence-corrected chi connectivity index (χ0v) is 11.9. The maximum Gasteiger partial charge on any atom is 0.231 e. The zero-order chi connectivity index (χ0) is 15.8. The fraction of sp³-hybridized carbons (Fsp3) is 0.176. The Labute approximate surface area is 123 Å². The fourth-order valence-corrected chi connectivity index (χ4v) is 2.27. The Kier molecular flexibility index (Phi) is 5.97. The first-order chi connectivity index (χ1) is 10.1. The van der Waals surface area contributed by atoms with Crippen LogP contribution in [0.5, 0.6) is 0 Å². The summed E-state index contributed by atoms with van der Waals surface area (Å²) in [5, 5.41) is 10.8. The van der Waals surface area contributed by atoms with E-state index in [0.717, 1.165) is 12.2 Å². The predicted octanol–water partition coefficient (Wildman–Crippen LogP) is 4.26. The van der Waals surface area contributed by atoms with Crippen LogP contribution in [-0.2, 0) is 9.59 Å². The van der Waals surface area contributed by atoms with Gasteiger partial charge in [0.15, 0.2) is 0 Å². The van der Waals surface area contributed by atoms with E-state index in [9.17, 15) is 0 Å². The van der Waals surface area contributed by atoms with Gasteiger partial charge in [0.05, 0.1) is 0 Å². The van der Waals surface area contributed by atoms with E-state index in [-0.39, 0.29) is 0 Å². The largest absolute Gasteiger partial charge is 0.231 e. The highest BCUT2D eigenvalue weighted by Gasteiger charge is 2.21. The molecule has 0 unspecified atom stereocenters. The van der Waals surface area contributed by atoms with Crippen molar-refractivity contribution in [2.75, 3.05) is 0 Å². The van der Waals surface area contributed by atoms with Crippen molar-refractivity contribution in [3.63, 3.8) is 0 Å². The summed E-state index contributed by atoms with van der Waals surface area (Å²) in [5.74, 6) is 0.614. The molecule has 0 heterocycles. The van der Waals surface area contributed by atoms with Gasteiger partial charge in [-0.1, -0.05) is 56.3 Å². The molecule has 0 fully saturated rings. The molecule has 2 aromatic carbocycles. The predicted molar refractivity (Wildman–Crippen MR) is 81.8 cm³/mol. The Morgan fingerprint density at radius 3 is 1.71 bits per heavy atom. The van der Waals surface area contributed by atoms with Crippen molar-refractivity contribution in [3.05, 3.63) is 48.0 Å². The molecule has 2 aromatic rings. The number of isocyanates is 2. The Hall–Kier alpha value is -2.80. The lowest BCUT2D eigenvalue weighted by atomic mass is 9.79. The molecule has 4 nitrogen and oxygen atoms in total. The van der Waals surface area contributed by atoms with Gasteiger partial charge < -0.3 is 0 Å². The average molecular weight is 280 g/mol. The lowest BCUT2D eigenvalue weighted by molar-refractivity contribution is 0.562. The molecule has 4 heteroatoms. The van der Waals surface area contributed by atoms with Gasteiger partial charge in [-0.3, -0.25) is 0 Å². The van der Waals surface area contributed by atoms with Crippen LogP contribution in [0.25, 0.3) is 22.3 Å². The molecule has 0 radical (unpaired) electrons.